The minimum atomic E-state index is -0.844. The van der Waals surface area contributed by atoms with Crippen LogP contribution in [0.3, 0.4) is 0 Å². The second kappa shape index (κ2) is 7.94. The molecule has 1 aromatic rings. The van der Waals surface area contributed by atoms with Gasteiger partial charge in [-0.25, -0.2) is 4.79 Å². The average molecular weight is 386 g/mol. The molecule has 6 nitrogen and oxygen atoms in total. The number of urea groups is 1. The normalized spacial score (nSPS) is 25.1. The molecule has 1 N–H and O–H groups in total. The van der Waals surface area contributed by atoms with Crippen molar-refractivity contribution in [3.05, 3.63) is 35.9 Å². The first kappa shape index (κ1) is 20.4. The summed E-state index contributed by atoms with van der Waals surface area (Å²) in [4.78, 5) is 38.4. The molecule has 1 spiro atoms. The SMILES string of the molecule is CC(C)(C)C1CCC2(CC1)NC(=O)N(CC(=O)OCCc1ccccc1)C2=O. The van der Waals surface area contributed by atoms with E-state index in [2.05, 4.69) is 26.1 Å². The molecule has 0 bridgehead atoms. The molecule has 1 aliphatic carbocycles. The van der Waals surface area contributed by atoms with E-state index in [1.807, 2.05) is 30.3 Å². The van der Waals surface area contributed by atoms with Crippen LogP contribution in [-0.2, 0) is 20.7 Å². The van der Waals surface area contributed by atoms with E-state index in [1.54, 1.807) is 0 Å². The number of hydrogen-bond donors (Lipinski definition) is 1. The van der Waals surface area contributed by atoms with Gasteiger partial charge in [-0.15, -0.1) is 0 Å². The summed E-state index contributed by atoms with van der Waals surface area (Å²) in [6.07, 6.45) is 3.64. The van der Waals surface area contributed by atoms with Gasteiger partial charge in [-0.05, 0) is 42.6 Å². The molecular weight excluding hydrogens is 356 g/mol. The third-order valence-electron chi connectivity index (χ3n) is 6.09. The first-order valence-electron chi connectivity index (χ1n) is 10.0. The Bertz CT molecular complexity index is 731. The lowest BCUT2D eigenvalue weighted by Crippen LogP contribution is -2.50. The van der Waals surface area contributed by atoms with Crippen molar-refractivity contribution < 1.29 is 19.1 Å². The Hall–Kier alpha value is -2.37. The number of benzene rings is 1. The van der Waals surface area contributed by atoms with Gasteiger partial charge < -0.3 is 10.1 Å². The fourth-order valence-electron chi connectivity index (χ4n) is 4.24. The zero-order valence-electron chi connectivity index (χ0n) is 17.0. The topological polar surface area (TPSA) is 75.7 Å². The van der Waals surface area contributed by atoms with Crippen molar-refractivity contribution in [3.8, 4) is 0 Å². The van der Waals surface area contributed by atoms with Crippen molar-refractivity contribution in [1.29, 1.82) is 0 Å². The number of nitrogens with one attached hydrogen (secondary N) is 1. The second-order valence-corrected chi connectivity index (χ2v) is 9.00. The van der Waals surface area contributed by atoms with E-state index < -0.39 is 17.5 Å². The third kappa shape index (κ3) is 4.37. The molecule has 0 radical (unpaired) electrons. The van der Waals surface area contributed by atoms with Crippen molar-refractivity contribution in [2.24, 2.45) is 11.3 Å². The van der Waals surface area contributed by atoms with E-state index in [9.17, 15) is 14.4 Å². The first-order chi connectivity index (χ1) is 13.2. The van der Waals surface area contributed by atoms with Crippen LogP contribution in [0.4, 0.5) is 4.79 Å². The molecule has 0 unspecified atom stereocenters. The zero-order chi connectivity index (χ0) is 20.4. The van der Waals surface area contributed by atoms with E-state index in [4.69, 9.17) is 4.74 Å². The summed E-state index contributed by atoms with van der Waals surface area (Å²) in [5.41, 5.74) is 0.415. The standard InChI is InChI=1S/C22H30N2O4/c1-21(2,3)17-9-12-22(13-10-17)19(26)24(20(27)23-22)15-18(25)28-14-11-16-7-5-4-6-8-16/h4-8,17H,9-15H2,1-3H3,(H,23,27). The number of carbonyl (C=O) groups is 3. The summed E-state index contributed by atoms with van der Waals surface area (Å²) < 4.78 is 5.23. The van der Waals surface area contributed by atoms with Crippen molar-refractivity contribution in [3.63, 3.8) is 0 Å². The number of imide groups is 1. The van der Waals surface area contributed by atoms with Crippen LogP contribution in [0.15, 0.2) is 30.3 Å². The molecular formula is C22H30N2O4. The number of carbonyl (C=O) groups excluding carboxylic acids is 3. The maximum atomic E-state index is 12.9. The molecule has 2 aliphatic rings. The van der Waals surface area contributed by atoms with E-state index in [-0.39, 0.29) is 24.5 Å². The zero-order valence-corrected chi connectivity index (χ0v) is 17.0. The Morgan fingerprint density at radius 1 is 1.18 bits per heavy atom. The fraction of sp³-hybridized carbons (Fsp3) is 0.591. The molecule has 2 fully saturated rings. The van der Waals surface area contributed by atoms with Crippen molar-refractivity contribution in [2.45, 2.75) is 58.4 Å². The Balaban J connectivity index is 1.52. The molecule has 152 valence electrons. The highest BCUT2D eigenvalue weighted by atomic mass is 16.5. The largest absolute Gasteiger partial charge is 0.464 e. The lowest BCUT2D eigenvalue weighted by molar-refractivity contribution is -0.148. The molecule has 1 aliphatic heterocycles. The lowest BCUT2D eigenvalue weighted by Gasteiger charge is -2.40. The predicted molar refractivity (Wildman–Crippen MR) is 105 cm³/mol. The van der Waals surface area contributed by atoms with Gasteiger partial charge in [0, 0.05) is 6.42 Å². The minimum absolute atomic E-state index is 0.190. The number of amides is 3. The summed E-state index contributed by atoms with van der Waals surface area (Å²) in [5, 5.41) is 2.86. The number of nitrogens with zero attached hydrogens (tertiary/aromatic N) is 1. The maximum absolute atomic E-state index is 12.9. The van der Waals surface area contributed by atoms with Gasteiger partial charge in [-0.1, -0.05) is 51.1 Å². The minimum Gasteiger partial charge on any atom is -0.464 e. The first-order valence-corrected chi connectivity index (χ1v) is 10.0. The molecule has 28 heavy (non-hydrogen) atoms. The van der Waals surface area contributed by atoms with Gasteiger partial charge in [0.1, 0.15) is 12.1 Å². The quantitative estimate of drug-likeness (QED) is 0.622. The van der Waals surface area contributed by atoms with E-state index in [1.165, 1.54) is 0 Å². The Kier molecular flexibility index (Phi) is 5.77. The fourth-order valence-corrected chi connectivity index (χ4v) is 4.24. The van der Waals surface area contributed by atoms with E-state index in [0.717, 1.165) is 23.3 Å². The number of hydrogen-bond acceptors (Lipinski definition) is 4. The van der Waals surface area contributed by atoms with Gasteiger partial charge in [0.15, 0.2) is 0 Å². The van der Waals surface area contributed by atoms with Crippen molar-refractivity contribution in [2.75, 3.05) is 13.2 Å². The molecule has 0 aromatic heterocycles. The van der Waals surface area contributed by atoms with Crippen LogP contribution in [0, 0.1) is 11.3 Å². The summed E-state index contributed by atoms with van der Waals surface area (Å²) >= 11 is 0. The summed E-state index contributed by atoms with van der Waals surface area (Å²) in [6.45, 7) is 6.53. The third-order valence-corrected chi connectivity index (χ3v) is 6.09. The van der Waals surface area contributed by atoms with Crippen molar-refractivity contribution >= 4 is 17.9 Å². The van der Waals surface area contributed by atoms with E-state index >= 15 is 0 Å². The van der Waals surface area contributed by atoms with Gasteiger partial charge in [0.25, 0.3) is 5.91 Å². The number of ether oxygens (including phenoxy) is 1. The van der Waals surface area contributed by atoms with Crippen molar-refractivity contribution in [1.82, 2.24) is 10.2 Å². The highest BCUT2D eigenvalue weighted by Gasteiger charge is 2.53. The molecule has 0 atom stereocenters. The monoisotopic (exact) mass is 386 g/mol. The molecule has 3 rings (SSSR count). The summed E-state index contributed by atoms with van der Waals surface area (Å²) in [7, 11) is 0. The Labute approximate surface area is 166 Å². The number of esters is 1. The Morgan fingerprint density at radius 3 is 2.43 bits per heavy atom. The molecule has 1 aromatic carbocycles. The van der Waals surface area contributed by atoms with Crippen LogP contribution in [0.5, 0.6) is 0 Å². The molecule has 1 heterocycles. The van der Waals surface area contributed by atoms with Crippen LogP contribution in [0.2, 0.25) is 0 Å². The lowest BCUT2D eigenvalue weighted by atomic mass is 9.67. The van der Waals surface area contributed by atoms with Gasteiger partial charge in [-0.3, -0.25) is 14.5 Å². The van der Waals surface area contributed by atoms with Crippen LogP contribution >= 0.6 is 0 Å². The van der Waals surface area contributed by atoms with Gasteiger partial charge in [0.05, 0.1) is 6.61 Å². The Morgan fingerprint density at radius 2 is 1.82 bits per heavy atom. The van der Waals surface area contributed by atoms with E-state index in [0.29, 0.717) is 25.2 Å². The smallest absolute Gasteiger partial charge is 0.326 e. The van der Waals surface area contributed by atoms with Gasteiger partial charge >= 0.3 is 12.0 Å². The van der Waals surface area contributed by atoms with Gasteiger partial charge in [-0.2, -0.15) is 0 Å². The number of rotatable bonds is 5. The maximum Gasteiger partial charge on any atom is 0.326 e. The second-order valence-electron chi connectivity index (χ2n) is 9.00. The summed E-state index contributed by atoms with van der Waals surface area (Å²) in [5.74, 6) is -0.315. The molecule has 1 saturated carbocycles. The van der Waals surface area contributed by atoms with Crippen LogP contribution in [0.25, 0.3) is 0 Å². The highest BCUT2D eigenvalue weighted by molar-refractivity contribution is 6.08. The molecule has 1 saturated heterocycles. The highest BCUT2D eigenvalue weighted by Crippen LogP contribution is 2.43. The molecule has 6 heteroatoms. The average Bonchev–Trinajstić information content (AvgIpc) is 2.86. The summed E-state index contributed by atoms with van der Waals surface area (Å²) in [6, 6.07) is 9.22. The predicted octanol–water partition coefficient (Wildman–Crippen LogP) is 3.30. The molecule has 3 amide bonds. The van der Waals surface area contributed by atoms with Gasteiger partial charge in [0.2, 0.25) is 0 Å². The van der Waals surface area contributed by atoms with Crippen LogP contribution in [-0.4, -0.2) is 41.5 Å². The van der Waals surface area contributed by atoms with Crippen LogP contribution in [0.1, 0.15) is 52.0 Å². The van der Waals surface area contributed by atoms with Crippen LogP contribution < -0.4 is 5.32 Å².